The molecule has 55 heavy (non-hydrogen) atoms. The standard InChI is InChI=1S/C50H29N3S2/c1-3-15-30(16-4-1)32-27-33(31-17-5-2-6-18-31)29-34(28-32)45-49-46(39-23-11-14-26-42(39)55-49)52-50(51-45)53-40-24-12-9-21-37(40)43-35-19-7-8-20-36(35)44-38-22-10-13-25-41(38)54-48(44)47(43)53/h1-29H. The molecule has 0 radical (unpaired) electrons. The maximum Gasteiger partial charge on any atom is 0.235 e. The van der Waals surface area contributed by atoms with Crippen LogP contribution in [0.5, 0.6) is 0 Å². The Hall–Kier alpha value is -6.66. The zero-order valence-corrected chi connectivity index (χ0v) is 31.0. The SMILES string of the molecule is c1ccc(-c2cc(-c3ccccc3)cc(-c3nc(-n4c5ccccc5c5c6ccccc6c6c7ccccc7sc6c54)nc4c3sc3ccccc34)c2)cc1. The molecule has 0 spiro atoms. The Morgan fingerprint density at radius 1 is 0.382 bits per heavy atom. The minimum atomic E-state index is 0.678. The van der Waals surface area contributed by atoms with Gasteiger partial charge in [0, 0.05) is 41.9 Å². The van der Waals surface area contributed by atoms with Gasteiger partial charge in [0.25, 0.3) is 0 Å². The molecule has 0 N–H and O–H groups in total. The van der Waals surface area contributed by atoms with Gasteiger partial charge < -0.3 is 0 Å². The van der Waals surface area contributed by atoms with Crippen molar-refractivity contribution in [3.8, 4) is 39.5 Å². The molecule has 0 saturated heterocycles. The van der Waals surface area contributed by atoms with E-state index >= 15 is 0 Å². The van der Waals surface area contributed by atoms with Gasteiger partial charge in [0.05, 0.1) is 31.6 Å². The van der Waals surface area contributed by atoms with Gasteiger partial charge in [-0.2, -0.15) is 0 Å². The van der Waals surface area contributed by atoms with Crippen LogP contribution in [0.2, 0.25) is 0 Å². The molecule has 0 atom stereocenters. The van der Waals surface area contributed by atoms with Gasteiger partial charge in [0.15, 0.2) is 0 Å². The van der Waals surface area contributed by atoms with Crippen molar-refractivity contribution in [2.75, 3.05) is 0 Å². The van der Waals surface area contributed by atoms with Crippen LogP contribution >= 0.6 is 22.7 Å². The Morgan fingerprint density at radius 2 is 0.891 bits per heavy atom. The number of fused-ring (bicyclic) bond motifs is 13. The first-order valence-corrected chi connectivity index (χ1v) is 20.1. The van der Waals surface area contributed by atoms with E-state index in [1.165, 1.54) is 57.5 Å². The van der Waals surface area contributed by atoms with E-state index in [2.05, 4.69) is 180 Å². The first-order chi connectivity index (χ1) is 27.3. The van der Waals surface area contributed by atoms with Crippen LogP contribution in [-0.2, 0) is 0 Å². The van der Waals surface area contributed by atoms with Crippen molar-refractivity contribution in [1.29, 1.82) is 0 Å². The van der Waals surface area contributed by atoms with Gasteiger partial charge in [-0.1, -0.05) is 140 Å². The third-order valence-electron chi connectivity index (χ3n) is 11.0. The highest BCUT2D eigenvalue weighted by Gasteiger charge is 2.25. The second-order valence-electron chi connectivity index (χ2n) is 14.1. The van der Waals surface area contributed by atoms with Crippen molar-refractivity contribution in [3.63, 3.8) is 0 Å². The lowest BCUT2D eigenvalue weighted by molar-refractivity contribution is 1.02. The van der Waals surface area contributed by atoms with Crippen LogP contribution < -0.4 is 0 Å². The number of hydrogen-bond acceptors (Lipinski definition) is 4. The van der Waals surface area contributed by atoms with Gasteiger partial charge in [0.2, 0.25) is 5.95 Å². The van der Waals surface area contributed by atoms with Crippen LogP contribution in [0.25, 0.3) is 113 Å². The smallest absolute Gasteiger partial charge is 0.235 e. The van der Waals surface area contributed by atoms with Crippen LogP contribution in [0, 0.1) is 0 Å². The summed E-state index contributed by atoms with van der Waals surface area (Å²) in [5.74, 6) is 0.678. The van der Waals surface area contributed by atoms with Crippen molar-refractivity contribution >= 4 is 95.7 Å². The summed E-state index contributed by atoms with van der Waals surface area (Å²) in [4.78, 5) is 11.2. The zero-order chi connectivity index (χ0) is 36.0. The predicted octanol–water partition coefficient (Wildman–Crippen LogP) is 14.5. The largest absolute Gasteiger partial charge is 0.276 e. The molecule has 0 aliphatic heterocycles. The number of nitrogens with zero attached hydrogens (tertiary/aromatic N) is 3. The predicted molar refractivity (Wildman–Crippen MR) is 236 cm³/mol. The molecular weight excluding hydrogens is 707 g/mol. The first-order valence-electron chi connectivity index (χ1n) is 18.5. The number of hydrogen-bond donors (Lipinski definition) is 0. The highest BCUT2D eigenvalue weighted by atomic mass is 32.1. The maximum absolute atomic E-state index is 5.69. The number of para-hydroxylation sites is 1. The second-order valence-corrected chi connectivity index (χ2v) is 16.2. The highest BCUT2D eigenvalue weighted by Crippen LogP contribution is 2.48. The Labute approximate surface area is 324 Å². The fourth-order valence-electron chi connectivity index (χ4n) is 8.57. The molecule has 4 heterocycles. The van der Waals surface area contributed by atoms with Crippen molar-refractivity contribution in [1.82, 2.24) is 14.5 Å². The van der Waals surface area contributed by atoms with E-state index in [0.29, 0.717) is 5.95 Å². The molecule has 0 aliphatic carbocycles. The van der Waals surface area contributed by atoms with Crippen molar-refractivity contribution in [2.45, 2.75) is 0 Å². The molecule has 4 aromatic heterocycles. The van der Waals surface area contributed by atoms with Crippen LogP contribution in [0.3, 0.4) is 0 Å². The highest BCUT2D eigenvalue weighted by molar-refractivity contribution is 7.27. The summed E-state index contributed by atoms with van der Waals surface area (Å²) < 4.78 is 7.17. The molecule has 0 unspecified atom stereocenters. The van der Waals surface area contributed by atoms with E-state index in [1.54, 1.807) is 11.3 Å². The molecule has 0 fully saturated rings. The molecule has 3 nitrogen and oxygen atoms in total. The molecule has 0 bridgehead atoms. The Balaban J connectivity index is 1.25. The van der Waals surface area contributed by atoms with Crippen LogP contribution in [0.1, 0.15) is 0 Å². The van der Waals surface area contributed by atoms with Gasteiger partial charge in [-0.15, -0.1) is 22.7 Å². The van der Waals surface area contributed by atoms with E-state index in [1.807, 2.05) is 11.3 Å². The van der Waals surface area contributed by atoms with Crippen LogP contribution in [0.4, 0.5) is 0 Å². The lowest BCUT2D eigenvalue weighted by Crippen LogP contribution is -2.03. The lowest BCUT2D eigenvalue weighted by Gasteiger charge is -2.14. The molecule has 256 valence electrons. The molecule has 8 aromatic carbocycles. The summed E-state index contributed by atoms with van der Waals surface area (Å²) >= 11 is 3.64. The van der Waals surface area contributed by atoms with E-state index in [-0.39, 0.29) is 0 Å². The van der Waals surface area contributed by atoms with E-state index < -0.39 is 0 Å². The molecule has 0 saturated carbocycles. The van der Waals surface area contributed by atoms with E-state index in [0.717, 1.165) is 49.0 Å². The molecule has 0 amide bonds. The van der Waals surface area contributed by atoms with Crippen molar-refractivity contribution < 1.29 is 0 Å². The molecule has 5 heteroatoms. The summed E-state index contributed by atoms with van der Waals surface area (Å²) in [7, 11) is 0. The quantitative estimate of drug-likeness (QED) is 0.180. The van der Waals surface area contributed by atoms with E-state index in [4.69, 9.17) is 9.97 Å². The monoisotopic (exact) mass is 735 g/mol. The fraction of sp³-hybridized carbons (Fsp3) is 0. The fourth-order valence-corrected chi connectivity index (χ4v) is 11.0. The maximum atomic E-state index is 5.69. The minimum absolute atomic E-state index is 0.678. The third kappa shape index (κ3) is 4.61. The number of benzene rings is 8. The Morgan fingerprint density at radius 3 is 1.58 bits per heavy atom. The minimum Gasteiger partial charge on any atom is -0.276 e. The summed E-state index contributed by atoms with van der Waals surface area (Å²) in [6.07, 6.45) is 0. The number of rotatable bonds is 4. The number of aromatic nitrogens is 3. The summed E-state index contributed by atoms with van der Waals surface area (Å²) in [6, 6.07) is 63.4. The Bertz CT molecular complexity index is 3430. The normalized spacial score (nSPS) is 12.0. The summed E-state index contributed by atoms with van der Waals surface area (Å²) in [6.45, 7) is 0. The molecular formula is C50H29N3S2. The van der Waals surface area contributed by atoms with Crippen molar-refractivity contribution in [2.24, 2.45) is 0 Å². The lowest BCUT2D eigenvalue weighted by atomic mass is 9.95. The average molecular weight is 736 g/mol. The molecule has 0 aliphatic rings. The third-order valence-corrected chi connectivity index (χ3v) is 13.3. The van der Waals surface area contributed by atoms with Gasteiger partial charge in [-0.25, -0.2) is 9.97 Å². The van der Waals surface area contributed by atoms with Crippen molar-refractivity contribution in [3.05, 3.63) is 176 Å². The Kier molecular flexibility index (Phi) is 6.67. The number of thiophene rings is 2. The summed E-state index contributed by atoms with van der Waals surface area (Å²) in [5, 5.41) is 8.68. The second kappa shape index (κ2) is 11.9. The zero-order valence-electron chi connectivity index (χ0n) is 29.4. The molecule has 12 rings (SSSR count). The van der Waals surface area contributed by atoms with Crippen LogP contribution in [-0.4, -0.2) is 14.5 Å². The average Bonchev–Trinajstić information content (AvgIpc) is 3.94. The van der Waals surface area contributed by atoms with E-state index in [9.17, 15) is 0 Å². The van der Waals surface area contributed by atoms with Gasteiger partial charge in [-0.05, 0) is 69.4 Å². The first kappa shape index (κ1) is 30.8. The van der Waals surface area contributed by atoms with Crippen LogP contribution in [0.15, 0.2) is 176 Å². The molecule has 12 aromatic rings. The van der Waals surface area contributed by atoms with Gasteiger partial charge in [0.1, 0.15) is 0 Å². The summed E-state index contributed by atoms with van der Waals surface area (Å²) in [5.41, 5.74) is 9.89. The van der Waals surface area contributed by atoms with Gasteiger partial charge >= 0.3 is 0 Å². The van der Waals surface area contributed by atoms with Gasteiger partial charge in [-0.3, -0.25) is 4.57 Å². The topological polar surface area (TPSA) is 30.7 Å².